The number of anilines is 2. The molecule has 0 aliphatic carbocycles. The number of benzene rings is 3. The van der Waals surface area contributed by atoms with E-state index in [1.807, 2.05) is 30.3 Å². The Labute approximate surface area is 173 Å². The highest BCUT2D eigenvalue weighted by molar-refractivity contribution is 7.26. The van der Waals surface area contributed by atoms with Crippen molar-refractivity contribution >= 4 is 54.4 Å². The third-order valence-corrected chi connectivity index (χ3v) is 6.44. The summed E-state index contributed by atoms with van der Waals surface area (Å²) in [6.45, 7) is -0.367. The molecule has 0 unspecified atom stereocenters. The average molecular weight is 425 g/mol. The van der Waals surface area contributed by atoms with Gasteiger partial charge in [0.05, 0.1) is 22.5 Å². The molecule has 2 heterocycles. The summed E-state index contributed by atoms with van der Waals surface area (Å²) in [5, 5.41) is 12.7. The second-order valence-electron chi connectivity index (χ2n) is 7.01. The van der Waals surface area contributed by atoms with Crippen molar-refractivity contribution < 1.29 is 23.1 Å². The molecule has 150 valence electrons. The number of thiophene rings is 1. The van der Waals surface area contributed by atoms with Crippen LogP contribution in [0.1, 0.15) is 5.56 Å². The van der Waals surface area contributed by atoms with E-state index in [1.54, 1.807) is 41.3 Å². The number of aliphatic hydroxyl groups is 1. The number of fused-ring (bicyclic) bond motifs is 5. The van der Waals surface area contributed by atoms with Crippen LogP contribution in [0.5, 0.6) is 0 Å². The van der Waals surface area contributed by atoms with Crippen molar-refractivity contribution in [2.75, 3.05) is 11.4 Å². The Morgan fingerprint density at radius 3 is 2.37 bits per heavy atom. The van der Waals surface area contributed by atoms with Gasteiger partial charge >= 0.3 is 6.18 Å². The van der Waals surface area contributed by atoms with Gasteiger partial charge in [-0.15, -0.1) is 11.3 Å². The Bertz CT molecular complexity index is 1340. The maximum absolute atomic E-state index is 13.2. The average Bonchev–Trinajstić information content (AvgIpc) is 3.12. The second kappa shape index (κ2) is 6.60. The molecule has 4 aromatic rings. The van der Waals surface area contributed by atoms with Gasteiger partial charge in [0.2, 0.25) is 0 Å². The van der Waals surface area contributed by atoms with Gasteiger partial charge in [-0.3, -0.25) is 4.79 Å². The van der Waals surface area contributed by atoms with Gasteiger partial charge in [-0.05, 0) is 24.3 Å². The normalized spacial score (nSPS) is 14.4. The highest BCUT2D eigenvalue weighted by Crippen LogP contribution is 2.48. The van der Waals surface area contributed by atoms with Crippen molar-refractivity contribution in [1.82, 2.24) is 0 Å². The fraction of sp³-hybridized carbons (Fsp3) is 0.0870. The van der Waals surface area contributed by atoms with Gasteiger partial charge in [0.15, 0.2) is 0 Å². The Morgan fingerprint density at radius 2 is 1.63 bits per heavy atom. The van der Waals surface area contributed by atoms with Crippen molar-refractivity contribution in [3.63, 3.8) is 0 Å². The van der Waals surface area contributed by atoms with E-state index < -0.39 is 23.3 Å². The lowest BCUT2D eigenvalue weighted by Crippen LogP contribution is -2.34. The molecule has 0 amide bonds. The Kier molecular flexibility index (Phi) is 4.11. The highest BCUT2D eigenvalue weighted by atomic mass is 32.1. The zero-order valence-corrected chi connectivity index (χ0v) is 16.2. The monoisotopic (exact) mass is 425 g/mol. The summed E-state index contributed by atoms with van der Waals surface area (Å²) < 4.78 is 41.5. The molecule has 3 aromatic carbocycles. The van der Waals surface area contributed by atoms with Crippen LogP contribution in [0.15, 0.2) is 72.3 Å². The molecule has 3 nitrogen and oxygen atoms in total. The van der Waals surface area contributed by atoms with E-state index in [0.29, 0.717) is 11.4 Å². The van der Waals surface area contributed by atoms with Crippen LogP contribution in [0.2, 0.25) is 0 Å². The van der Waals surface area contributed by atoms with Crippen LogP contribution in [0.25, 0.3) is 25.9 Å². The number of carbonyl (C=O) groups is 1. The molecule has 1 aliphatic heterocycles. The number of nitrogens with zero attached hydrogens (tertiary/aromatic N) is 1. The summed E-state index contributed by atoms with van der Waals surface area (Å²) in [6.07, 6.45) is -5.06. The number of Topliss-reactive ketones (excluding diaryl/α,β-unsaturated/α-hetero) is 1. The maximum Gasteiger partial charge on any atom is 0.454 e. The number of rotatable bonds is 2. The molecule has 0 atom stereocenters. The standard InChI is InChI=1S/C23H14F3NO2S/c24-23(25,26)22(29)17-12-27(13-6-2-1-3-7-13)19-16(20(17)28)11-10-15-14-8-4-5-9-18(14)30-21(15)19/h1-11,28H,12H2. The summed E-state index contributed by atoms with van der Waals surface area (Å²) in [5.74, 6) is -2.64. The Morgan fingerprint density at radius 1 is 0.933 bits per heavy atom. The number of para-hydroxylation sites is 1. The molecule has 0 spiro atoms. The van der Waals surface area contributed by atoms with Crippen LogP contribution >= 0.6 is 11.3 Å². The first-order valence-corrected chi connectivity index (χ1v) is 9.99. The van der Waals surface area contributed by atoms with Gasteiger partial charge in [-0.2, -0.15) is 13.2 Å². The van der Waals surface area contributed by atoms with Gasteiger partial charge in [0.1, 0.15) is 5.76 Å². The minimum absolute atomic E-state index is 0.219. The number of hydrogen-bond donors (Lipinski definition) is 1. The quantitative estimate of drug-likeness (QED) is 0.393. The number of aliphatic hydroxyl groups excluding tert-OH is 1. The second-order valence-corrected chi connectivity index (χ2v) is 8.06. The van der Waals surface area contributed by atoms with Crippen LogP contribution in [-0.4, -0.2) is 23.6 Å². The topological polar surface area (TPSA) is 40.5 Å². The van der Waals surface area contributed by atoms with Crippen LogP contribution < -0.4 is 4.90 Å². The molecule has 1 aliphatic rings. The van der Waals surface area contributed by atoms with Crippen LogP contribution in [0, 0.1) is 0 Å². The first kappa shape index (κ1) is 18.7. The van der Waals surface area contributed by atoms with E-state index in [2.05, 4.69) is 0 Å². The summed E-state index contributed by atoms with van der Waals surface area (Å²) in [6, 6.07) is 20.1. The van der Waals surface area contributed by atoms with Crippen LogP contribution in [0.3, 0.4) is 0 Å². The largest absolute Gasteiger partial charge is 0.507 e. The molecular formula is C23H14F3NO2S. The lowest BCUT2D eigenvalue weighted by molar-refractivity contribution is -0.166. The lowest BCUT2D eigenvalue weighted by atomic mass is 9.95. The molecule has 5 rings (SSSR count). The third kappa shape index (κ3) is 2.77. The Hall–Kier alpha value is -3.32. The van der Waals surface area contributed by atoms with Gasteiger partial charge in [-0.25, -0.2) is 0 Å². The summed E-state index contributed by atoms with van der Waals surface area (Å²) >= 11 is 1.51. The van der Waals surface area contributed by atoms with Crippen molar-refractivity contribution in [2.24, 2.45) is 0 Å². The summed E-state index contributed by atoms with van der Waals surface area (Å²) in [5.41, 5.74) is 0.816. The molecule has 0 bridgehead atoms. The van der Waals surface area contributed by atoms with E-state index in [0.717, 1.165) is 20.2 Å². The molecular weight excluding hydrogens is 411 g/mol. The van der Waals surface area contributed by atoms with Gasteiger partial charge in [-0.1, -0.05) is 42.5 Å². The minimum atomic E-state index is -5.06. The number of carbonyl (C=O) groups excluding carboxylic acids is 1. The Balaban J connectivity index is 1.84. The fourth-order valence-electron chi connectivity index (χ4n) is 3.89. The predicted molar refractivity (Wildman–Crippen MR) is 113 cm³/mol. The molecule has 0 saturated carbocycles. The molecule has 30 heavy (non-hydrogen) atoms. The first-order chi connectivity index (χ1) is 14.4. The molecule has 1 N–H and O–H groups in total. The zero-order valence-electron chi connectivity index (χ0n) is 15.4. The van der Waals surface area contributed by atoms with E-state index in [-0.39, 0.29) is 12.1 Å². The van der Waals surface area contributed by atoms with Gasteiger partial charge in [0, 0.05) is 26.7 Å². The predicted octanol–water partition coefficient (Wildman–Crippen LogP) is 6.61. The molecule has 1 aromatic heterocycles. The minimum Gasteiger partial charge on any atom is -0.507 e. The maximum atomic E-state index is 13.2. The smallest absolute Gasteiger partial charge is 0.454 e. The fourth-order valence-corrected chi connectivity index (χ4v) is 5.15. The first-order valence-electron chi connectivity index (χ1n) is 9.17. The van der Waals surface area contributed by atoms with E-state index >= 15 is 0 Å². The van der Waals surface area contributed by atoms with Crippen molar-refractivity contribution in [3.8, 4) is 0 Å². The highest BCUT2D eigenvalue weighted by Gasteiger charge is 2.44. The molecule has 7 heteroatoms. The van der Waals surface area contributed by atoms with Gasteiger partial charge in [0.25, 0.3) is 5.78 Å². The lowest BCUT2D eigenvalue weighted by Gasteiger charge is -2.33. The van der Waals surface area contributed by atoms with Crippen molar-refractivity contribution in [2.45, 2.75) is 6.18 Å². The van der Waals surface area contributed by atoms with Crippen LogP contribution in [-0.2, 0) is 4.79 Å². The van der Waals surface area contributed by atoms with Crippen molar-refractivity contribution in [1.29, 1.82) is 0 Å². The van der Waals surface area contributed by atoms with E-state index in [9.17, 15) is 23.1 Å². The SMILES string of the molecule is O=C(C1=C(O)c2ccc3c(sc4ccccc43)c2N(c2ccccc2)C1)C(F)(F)F. The molecule has 0 radical (unpaired) electrons. The summed E-state index contributed by atoms with van der Waals surface area (Å²) in [7, 11) is 0. The van der Waals surface area contributed by atoms with E-state index in [4.69, 9.17) is 0 Å². The number of halogens is 3. The number of ketones is 1. The van der Waals surface area contributed by atoms with Crippen LogP contribution in [0.4, 0.5) is 24.5 Å². The van der Waals surface area contributed by atoms with Crippen molar-refractivity contribution in [3.05, 3.63) is 77.9 Å². The third-order valence-electron chi connectivity index (χ3n) is 5.25. The molecule has 0 saturated heterocycles. The summed E-state index contributed by atoms with van der Waals surface area (Å²) in [4.78, 5) is 13.7. The number of hydrogen-bond acceptors (Lipinski definition) is 4. The number of alkyl halides is 3. The van der Waals surface area contributed by atoms with Gasteiger partial charge < -0.3 is 10.0 Å². The zero-order chi connectivity index (χ0) is 21.0. The molecule has 0 fully saturated rings. The van der Waals surface area contributed by atoms with E-state index in [1.165, 1.54) is 11.3 Å².